The summed E-state index contributed by atoms with van der Waals surface area (Å²) in [4.78, 5) is 11.2. The second kappa shape index (κ2) is 3.03. The summed E-state index contributed by atoms with van der Waals surface area (Å²) in [6, 6.07) is 9.55. The summed E-state index contributed by atoms with van der Waals surface area (Å²) in [6.07, 6.45) is -0.383. The fourth-order valence-electron chi connectivity index (χ4n) is 1.33. The lowest BCUT2D eigenvalue weighted by atomic mass is 10.2. The largest absolute Gasteiger partial charge is 0.332 e. The fraction of sp³-hybridized carbons (Fsp3) is 0.333. The van der Waals surface area contributed by atoms with Crippen LogP contribution in [0.15, 0.2) is 30.3 Å². The Bertz CT molecular complexity index is 284. The molecule has 1 aromatic rings. The van der Waals surface area contributed by atoms with Gasteiger partial charge in [-0.3, -0.25) is 0 Å². The molecule has 0 amide bonds. The van der Waals surface area contributed by atoms with E-state index >= 15 is 0 Å². The van der Waals surface area contributed by atoms with Gasteiger partial charge >= 0.3 is 6.23 Å². The van der Waals surface area contributed by atoms with Gasteiger partial charge in [0.05, 0.1) is 5.56 Å². The summed E-state index contributed by atoms with van der Waals surface area (Å²) < 4.78 is 6.23. The topological polar surface area (TPSA) is 29.3 Å². The zero-order valence-electron chi connectivity index (χ0n) is 6.64. The molecule has 1 aliphatic rings. The van der Waals surface area contributed by atoms with Crippen molar-refractivity contribution in [1.29, 1.82) is 0 Å². The summed E-state index contributed by atoms with van der Waals surface area (Å²) in [5.74, 6) is 0. The molecule has 1 aromatic carbocycles. The zero-order chi connectivity index (χ0) is 8.39. The van der Waals surface area contributed by atoms with Gasteiger partial charge in [0, 0.05) is 9.67 Å². The third-order valence-corrected chi connectivity index (χ3v) is 1.93. The lowest BCUT2D eigenvalue weighted by Gasteiger charge is -1.99. The van der Waals surface area contributed by atoms with Crippen molar-refractivity contribution in [2.75, 3.05) is 13.2 Å². The summed E-state index contributed by atoms with van der Waals surface area (Å²) >= 11 is 0. The van der Waals surface area contributed by atoms with Crippen LogP contribution in [0.5, 0.6) is 0 Å². The maximum absolute atomic E-state index is 11.2. The van der Waals surface area contributed by atoms with Crippen molar-refractivity contribution in [2.24, 2.45) is 0 Å². The Morgan fingerprint density at radius 3 is 2.67 bits per heavy atom. The van der Waals surface area contributed by atoms with E-state index in [0.717, 1.165) is 10.3 Å². The van der Waals surface area contributed by atoms with Crippen LogP contribution in [0.2, 0.25) is 0 Å². The van der Waals surface area contributed by atoms with E-state index in [1.165, 1.54) is 0 Å². The Labute approximate surface area is 70.5 Å². The van der Waals surface area contributed by atoms with Crippen LogP contribution < -0.4 is 0 Å². The molecule has 1 unspecified atom stereocenters. The second-order valence-electron chi connectivity index (χ2n) is 2.77. The average molecular weight is 164 g/mol. The van der Waals surface area contributed by atoms with E-state index in [9.17, 15) is 4.91 Å². The van der Waals surface area contributed by atoms with Gasteiger partial charge in [0.25, 0.3) is 0 Å². The van der Waals surface area contributed by atoms with Crippen LogP contribution in [0.25, 0.3) is 0 Å². The first-order valence-corrected chi connectivity index (χ1v) is 3.98. The van der Waals surface area contributed by atoms with E-state index in [4.69, 9.17) is 4.74 Å². The Hall–Kier alpha value is -1.22. The Morgan fingerprint density at radius 2 is 2.08 bits per heavy atom. The maximum Gasteiger partial charge on any atom is 0.332 e. The van der Waals surface area contributed by atoms with Crippen molar-refractivity contribution in [2.45, 2.75) is 6.23 Å². The molecule has 3 heteroatoms. The molecule has 1 saturated heterocycles. The first-order chi connectivity index (χ1) is 5.88. The minimum Gasteiger partial charge on any atom is -0.307 e. The monoisotopic (exact) mass is 164 g/mol. The Balaban J connectivity index is 2.25. The first kappa shape index (κ1) is 7.43. The first-order valence-electron chi connectivity index (χ1n) is 3.98. The van der Waals surface area contributed by atoms with Crippen LogP contribution >= 0.6 is 0 Å². The Morgan fingerprint density at radius 1 is 1.33 bits per heavy atom. The molecule has 0 spiro atoms. The van der Waals surface area contributed by atoms with E-state index in [-0.39, 0.29) is 6.23 Å². The molecule has 62 valence electrons. The van der Waals surface area contributed by atoms with Crippen LogP contribution in [-0.2, 0) is 4.74 Å². The molecule has 1 atom stereocenters. The highest BCUT2D eigenvalue weighted by molar-refractivity contribution is 5.15. The molecule has 0 bridgehead atoms. The third kappa shape index (κ3) is 1.23. The fourth-order valence-corrected chi connectivity index (χ4v) is 1.33. The summed E-state index contributed by atoms with van der Waals surface area (Å²) in [6.45, 7) is 1.00. The summed E-state index contributed by atoms with van der Waals surface area (Å²) in [5.41, 5.74) is 0.935. The molecule has 0 saturated carbocycles. The minimum atomic E-state index is -0.383. The van der Waals surface area contributed by atoms with Crippen LogP contribution in [0.4, 0.5) is 0 Å². The van der Waals surface area contributed by atoms with Gasteiger partial charge in [0.15, 0.2) is 0 Å². The molecule has 0 aliphatic carbocycles. The van der Waals surface area contributed by atoms with Crippen LogP contribution in [0.3, 0.4) is 0 Å². The van der Waals surface area contributed by atoms with Crippen LogP contribution in [0.1, 0.15) is 11.8 Å². The minimum absolute atomic E-state index is 0.383. The number of hydrogen-bond donors (Lipinski definition) is 0. The molecule has 1 aliphatic heterocycles. The van der Waals surface area contributed by atoms with E-state index in [2.05, 4.69) is 0 Å². The molecule has 0 aromatic heterocycles. The standard InChI is InChI=1S/C9H10NO2/c11-10-6-7-12-9(10)8-4-2-1-3-5-8/h1-5,9H,6-7H2/q+1. The van der Waals surface area contributed by atoms with E-state index in [0.29, 0.717) is 13.2 Å². The number of benzene rings is 1. The summed E-state index contributed by atoms with van der Waals surface area (Å²) in [5, 5.41) is 0. The van der Waals surface area contributed by atoms with Gasteiger partial charge in [0.2, 0.25) is 6.54 Å². The van der Waals surface area contributed by atoms with E-state index in [1.54, 1.807) is 0 Å². The van der Waals surface area contributed by atoms with Crippen molar-refractivity contribution in [3.8, 4) is 0 Å². The van der Waals surface area contributed by atoms with Gasteiger partial charge < -0.3 is 4.74 Å². The molecule has 0 N–H and O–H groups in total. The Kier molecular flexibility index (Phi) is 1.87. The number of nitrogens with zero attached hydrogens (tertiary/aromatic N) is 1. The predicted octanol–water partition coefficient (Wildman–Crippen LogP) is 1.49. The highest BCUT2D eigenvalue weighted by atomic mass is 16.5. The van der Waals surface area contributed by atoms with Crippen molar-refractivity contribution < 1.29 is 9.50 Å². The molecule has 2 rings (SSSR count). The van der Waals surface area contributed by atoms with Gasteiger partial charge in [-0.05, 0) is 12.1 Å². The number of nitroso groups, excluding NO2 is 1. The van der Waals surface area contributed by atoms with Crippen molar-refractivity contribution >= 4 is 0 Å². The van der Waals surface area contributed by atoms with Gasteiger partial charge in [0.1, 0.15) is 6.61 Å². The van der Waals surface area contributed by atoms with Gasteiger partial charge in [-0.25, -0.2) is 0 Å². The predicted molar refractivity (Wildman–Crippen MR) is 43.6 cm³/mol. The lowest BCUT2D eigenvalue weighted by molar-refractivity contribution is -0.596. The molecule has 1 fully saturated rings. The lowest BCUT2D eigenvalue weighted by Crippen LogP contribution is -2.08. The number of hydrogen-bond acceptors (Lipinski definition) is 2. The molecule has 3 nitrogen and oxygen atoms in total. The quantitative estimate of drug-likeness (QED) is 0.588. The van der Waals surface area contributed by atoms with Gasteiger partial charge in [-0.15, -0.1) is 0 Å². The summed E-state index contributed by atoms with van der Waals surface area (Å²) in [7, 11) is 0. The van der Waals surface area contributed by atoms with E-state index < -0.39 is 0 Å². The SMILES string of the molecule is O=[N+]1CCOC1c1ccccc1. The molecule has 12 heavy (non-hydrogen) atoms. The highest BCUT2D eigenvalue weighted by Gasteiger charge is 2.33. The van der Waals surface area contributed by atoms with Crippen molar-refractivity contribution in [3.63, 3.8) is 0 Å². The van der Waals surface area contributed by atoms with Gasteiger partial charge in [-0.1, -0.05) is 18.2 Å². The third-order valence-electron chi connectivity index (χ3n) is 1.93. The molecule has 0 radical (unpaired) electrons. The molecule has 1 heterocycles. The zero-order valence-corrected chi connectivity index (χ0v) is 6.64. The van der Waals surface area contributed by atoms with Crippen LogP contribution in [0, 0.1) is 4.91 Å². The second-order valence-corrected chi connectivity index (χ2v) is 2.77. The van der Waals surface area contributed by atoms with Gasteiger partial charge in [-0.2, -0.15) is 0 Å². The molecular weight excluding hydrogens is 154 g/mol. The molecular formula is C9H10NO2+. The average Bonchev–Trinajstić information content (AvgIpc) is 2.53. The highest BCUT2D eigenvalue weighted by Crippen LogP contribution is 2.21. The normalized spacial score (nSPS) is 23.0. The van der Waals surface area contributed by atoms with Crippen molar-refractivity contribution in [3.05, 3.63) is 40.8 Å². The smallest absolute Gasteiger partial charge is 0.307 e. The number of rotatable bonds is 1. The van der Waals surface area contributed by atoms with Crippen molar-refractivity contribution in [1.82, 2.24) is 0 Å². The maximum atomic E-state index is 11.2. The van der Waals surface area contributed by atoms with Crippen LogP contribution in [-0.4, -0.2) is 17.9 Å². The van der Waals surface area contributed by atoms with E-state index in [1.807, 2.05) is 30.3 Å². The number of ether oxygens (including phenoxy) is 1.